The highest BCUT2D eigenvalue weighted by atomic mass is 16.4. The quantitative estimate of drug-likeness (QED) is 0.557. The summed E-state index contributed by atoms with van der Waals surface area (Å²) in [4.78, 5) is 10.0. The smallest absolute Gasteiger partial charge is 0.404 e. The molecule has 1 aliphatic rings. The highest BCUT2D eigenvalue weighted by Gasteiger charge is 2.12. The van der Waals surface area contributed by atoms with Crippen LogP contribution in [0.2, 0.25) is 0 Å². The Bertz CT molecular complexity index is 132. The van der Waals surface area contributed by atoms with Crippen molar-refractivity contribution in [2.75, 3.05) is 13.1 Å². The Kier molecular flexibility index (Phi) is 3.16. The Labute approximate surface area is 66.0 Å². The standard InChI is InChI=1S/C7H14N2O2/c10-7(11)9-5-3-6-2-1-4-8-6/h6,8-9H,1-5H2,(H,10,11)/t6-/m1/s1. The van der Waals surface area contributed by atoms with Crippen molar-refractivity contribution < 1.29 is 9.90 Å². The van der Waals surface area contributed by atoms with Gasteiger partial charge in [-0.1, -0.05) is 0 Å². The Balaban J connectivity index is 1.98. The van der Waals surface area contributed by atoms with Crippen molar-refractivity contribution in [2.24, 2.45) is 0 Å². The molecule has 1 atom stereocenters. The number of hydrogen-bond acceptors (Lipinski definition) is 2. The number of nitrogens with one attached hydrogen (secondary N) is 2. The molecule has 0 radical (unpaired) electrons. The summed E-state index contributed by atoms with van der Waals surface area (Å²) in [5, 5.41) is 13.9. The van der Waals surface area contributed by atoms with Gasteiger partial charge in [0.15, 0.2) is 0 Å². The van der Waals surface area contributed by atoms with E-state index in [-0.39, 0.29) is 0 Å². The van der Waals surface area contributed by atoms with E-state index in [0.29, 0.717) is 12.6 Å². The van der Waals surface area contributed by atoms with Gasteiger partial charge in [0, 0.05) is 12.6 Å². The summed E-state index contributed by atoms with van der Waals surface area (Å²) in [5.74, 6) is 0. The molecular weight excluding hydrogens is 144 g/mol. The third-order valence-electron chi connectivity index (χ3n) is 1.93. The normalized spacial score (nSPS) is 23.5. The molecule has 3 N–H and O–H groups in total. The molecule has 1 saturated heterocycles. The molecule has 0 aromatic rings. The van der Waals surface area contributed by atoms with Gasteiger partial charge in [-0.05, 0) is 25.8 Å². The van der Waals surface area contributed by atoms with E-state index in [4.69, 9.17) is 5.11 Å². The monoisotopic (exact) mass is 158 g/mol. The molecule has 0 aromatic carbocycles. The van der Waals surface area contributed by atoms with E-state index in [1.54, 1.807) is 0 Å². The molecule has 0 spiro atoms. The van der Waals surface area contributed by atoms with E-state index in [2.05, 4.69) is 10.6 Å². The molecule has 0 aliphatic carbocycles. The van der Waals surface area contributed by atoms with E-state index in [9.17, 15) is 4.79 Å². The summed E-state index contributed by atoms with van der Waals surface area (Å²) >= 11 is 0. The fourth-order valence-electron chi connectivity index (χ4n) is 1.36. The Morgan fingerprint density at radius 2 is 2.55 bits per heavy atom. The minimum Gasteiger partial charge on any atom is -0.465 e. The van der Waals surface area contributed by atoms with Crippen LogP contribution in [0.1, 0.15) is 19.3 Å². The molecule has 1 rings (SSSR count). The summed E-state index contributed by atoms with van der Waals surface area (Å²) < 4.78 is 0. The Hall–Kier alpha value is -0.770. The zero-order chi connectivity index (χ0) is 8.10. The first-order valence-corrected chi connectivity index (χ1v) is 3.99. The largest absolute Gasteiger partial charge is 0.465 e. The summed E-state index contributed by atoms with van der Waals surface area (Å²) in [6.45, 7) is 1.64. The van der Waals surface area contributed by atoms with Crippen LogP contribution in [0.3, 0.4) is 0 Å². The zero-order valence-corrected chi connectivity index (χ0v) is 6.47. The van der Waals surface area contributed by atoms with Crippen LogP contribution in [0.5, 0.6) is 0 Å². The van der Waals surface area contributed by atoms with E-state index in [1.165, 1.54) is 12.8 Å². The fourth-order valence-corrected chi connectivity index (χ4v) is 1.36. The van der Waals surface area contributed by atoms with Gasteiger partial charge in [0.2, 0.25) is 0 Å². The second-order valence-corrected chi connectivity index (χ2v) is 2.81. The lowest BCUT2D eigenvalue weighted by Gasteiger charge is -2.08. The van der Waals surface area contributed by atoms with Gasteiger partial charge in [0.1, 0.15) is 0 Å². The average molecular weight is 158 g/mol. The van der Waals surface area contributed by atoms with Crippen LogP contribution in [0.4, 0.5) is 4.79 Å². The van der Waals surface area contributed by atoms with Crippen molar-refractivity contribution in [2.45, 2.75) is 25.3 Å². The molecule has 1 fully saturated rings. The molecule has 4 heteroatoms. The van der Waals surface area contributed by atoms with Crippen molar-refractivity contribution >= 4 is 6.09 Å². The minimum atomic E-state index is -0.928. The number of carboxylic acid groups (broad SMARTS) is 1. The van der Waals surface area contributed by atoms with E-state index < -0.39 is 6.09 Å². The zero-order valence-electron chi connectivity index (χ0n) is 6.47. The maximum Gasteiger partial charge on any atom is 0.404 e. The molecule has 0 saturated carbocycles. The van der Waals surface area contributed by atoms with E-state index in [1.807, 2.05) is 0 Å². The lowest BCUT2D eigenvalue weighted by atomic mass is 10.2. The third-order valence-corrected chi connectivity index (χ3v) is 1.93. The molecule has 1 heterocycles. The Morgan fingerprint density at radius 3 is 3.09 bits per heavy atom. The van der Waals surface area contributed by atoms with Gasteiger partial charge in [0.05, 0.1) is 0 Å². The number of hydrogen-bond donors (Lipinski definition) is 3. The van der Waals surface area contributed by atoms with Crippen LogP contribution in [0.25, 0.3) is 0 Å². The fraction of sp³-hybridized carbons (Fsp3) is 0.857. The van der Waals surface area contributed by atoms with Gasteiger partial charge in [0.25, 0.3) is 0 Å². The molecule has 11 heavy (non-hydrogen) atoms. The number of amides is 1. The molecular formula is C7H14N2O2. The van der Waals surface area contributed by atoms with Crippen molar-refractivity contribution in [1.82, 2.24) is 10.6 Å². The van der Waals surface area contributed by atoms with Gasteiger partial charge in [-0.15, -0.1) is 0 Å². The first kappa shape index (κ1) is 8.33. The van der Waals surface area contributed by atoms with Crippen molar-refractivity contribution in [3.63, 3.8) is 0 Å². The summed E-state index contributed by atoms with van der Waals surface area (Å²) in [7, 11) is 0. The van der Waals surface area contributed by atoms with Crippen molar-refractivity contribution in [3.05, 3.63) is 0 Å². The molecule has 0 unspecified atom stereocenters. The first-order chi connectivity index (χ1) is 5.29. The molecule has 0 aromatic heterocycles. The highest BCUT2D eigenvalue weighted by molar-refractivity contribution is 5.64. The molecule has 1 aliphatic heterocycles. The Morgan fingerprint density at radius 1 is 1.73 bits per heavy atom. The summed E-state index contributed by atoms with van der Waals surface area (Å²) in [6.07, 6.45) is 2.38. The van der Waals surface area contributed by atoms with Gasteiger partial charge in [-0.2, -0.15) is 0 Å². The van der Waals surface area contributed by atoms with Crippen LogP contribution in [-0.2, 0) is 0 Å². The van der Waals surface area contributed by atoms with Crippen LogP contribution >= 0.6 is 0 Å². The van der Waals surface area contributed by atoms with Crippen LogP contribution in [0, 0.1) is 0 Å². The third kappa shape index (κ3) is 3.23. The SMILES string of the molecule is O=C(O)NCC[C@H]1CCCN1. The predicted molar refractivity (Wildman–Crippen MR) is 41.7 cm³/mol. The topological polar surface area (TPSA) is 61.4 Å². The van der Waals surface area contributed by atoms with Crippen LogP contribution in [0.15, 0.2) is 0 Å². The van der Waals surface area contributed by atoms with Crippen LogP contribution < -0.4 is 10.6 Å². The number of rotatable bonds is 3. The predicted octanol–water partition coefficient (Wildman–Crippen LogP) is 0.396. The van der Waals surface area contributed by atoms with Gasteiger partial charge < -0.3 is 15.7 Å². The van der Waals surface area contributed by atoms with Crippen molar-refractivity contribution in [1.29, 1.82) is 0 Å². The maximum absolute atomic E-state index is 10.0. The molecule has 0 bridgehead atoms. The van der Waals surface area contributed by atoms with E-state index >= 15 is 0 Å². The minimum absolute atomic E-state index is 0.529. The second-order valence-electron chi connectivity index (χ2n) is 2.81. The lowest BCUT2D eigenvalue weighted by Crippen LogP contribution is -2.29. The van der Waals surface area contributed by atoms with Gasteiger partial charge in [-0.25, -0.2) is 4.79 Å². The van der Waals surface area contributed by atoms with Gasteiger partial charge >= 0.3 is 6.09 Å². The van der Waals surface area contributed by atoms with Gasteiger partial charge in [-0.3, -0.25) is 0 Å². The highest BCUT2D eigenvalue weighted by Crippen LogP contribution is 2.07. The van der Waals surface area contributed by atoms with Crippen molar-refractivity contribution in [3.8, 4) is 0 Å². The molecule has 64 valence electrons. The summed E-state index contributed by atoms with van der Waals surface area (Å²) in [5.41, 5.74) is 0. The molecule has 1 amide bonds. The first-order valence-electron chi connectivity index (χ1n) is 3.99. The van der Waals surface area contributed by atoms with Crippen LogP contribution in [-0.4, -0.2) is 30.3 Å². The summed E-state index contributed by atoms with van der Waals surface area (Å²) in [6, 6.07) is 0.529. The second kappa shape index (κ2) is 4.18. The molecule has 4 nitrogen and oxygen atoms in total. The number of carbonyl (C=O) groups is 1. The maximum atomic E-state index is 10.0. The lowest BCUT2D eigenvalue weighted by molar-refractivity contribution is 0.194. The van der Waals surface area contributed by atoms with E-state index in [0.717, 1.165) is 13.0 Å². The average Bonchev–Trinajstić information content (AvgIpc) is 2.39.